The number of nitriles is 1. The minimum atomic E-state index is -0.483. The largest absolute Gasteiger partial charge is 0.308 e. The van der Waals surface area contributed by atoms with Crippen LogP contribution in [0.25, 0.3) is 10.2 Å². The minimum Gasteiger partial charge on any atom is -0.308 e. The van der Waals surface area contributed by atoms with Gasteiger partial charge in [-0.25, -0.2) is 14.4 Å². The lowest BCUT2D eigenvalue weighted by Crippen LogP contribution is -2.34. The maximum absolute atomic E-state index is 14.2. The average molecular weight is 415 g/mol. The quantitative estimate of drug-likeness (QED) is 0.428. The van der Waals surface area contributed by atoms with E-state index in [1.165, 1.54) is 27.6 Å². The zero-order valence-corrected chi connectivity index (χ0v) is 17.5. The van der Waals surface area contributed by atoms with E-state index in [-0.39, 0.29) is 30.3 Å². The van der Waals surface area contributed by atoms with E-state index >= 15 is 0 Å². The first-order chi connectivity index (χ1) is 13.4. The lowest BCUT2D eigenvalue weighted by Gasteiger charge is -2.22. The van der Waals surface area contributed by atoms with Crippen molar-refractivity contribution in [3.8, 4) is 6.07 Å². The Hall–Kier alpha value is -2.50. The van der Waals surface area contributed by atoms with Gasteiger partial charge < -0.3 is 4.90 Å². The number of hydrogen-bond donors (Lipinski definition) is 0. The maximum atomic E-state index is 14.2. The number of carbonyl (C=O) groups is 1. The van der Waals surface area contributed by atoms with Gasteiger partial charge in [-0.15, -0.1) is 11.3 Å². The third kappa shape index (κ3) is 4.16. The molecule has 0 bridgehead atoms. The van der Waals surface area contributed by atoms with Crippen LogP contribution in [0, 0.1) is 37.9 Å². The number of hydrogen-bond acceptors (Lipinski definition) is 6. The highest BCUT2D eigenvalue weighted by molar-refractivity contribution is 8.00. The Morgan fingerprint density at radius 1 is 1.29 bits per heavy atom. The van der Waals surface area contributed by atoms with Gasteiger partial charge in [0.25, 0.3) is 0 Å². The van der Waals surface area contributed by atoms with Crippen molar-refractivity contribution in [2.75, 3.05) is 17.2 Å². The highest BCUT2D eigenvalue weighted by Gasteiger charge is 2.21. The van der Waals surface area contributed by atoms with Crippen molar-refractivity contribution in [2.45, 2.75) is 32.2 Å². The van der Waals surface area contributed by atoms with Crippen LogP contribution in [0.5, 0.6) is 0 Å². The van der Waals surface area contributed by atoms with Crippen molar-refractivity contribution < 1.29 is 9.18 Å². The number of benzene rings is 1. The van der Waals surface area contributed by atoms with E-state index in [9.17, 15) is 9.18 Å². The van der Waals surface area contributed by atoms with Crippen molar-refractivity contribution in [2.24, 2.45) is 0 Å². The summed E-state index contributed by atoms with van der Waals surface area (Å²) < 4.78 is 14.2. The molecule has 0 unspecified atom stereocenters. The van der Waals surface area contributed by atoms with E-state index in [0.29, 0.717) is 5.82 Å². The summed E-state index contributed by atoms with van der Waals surface area (Å²) in [4.78, 5) is 25.3. The van der Waals surface area contributed by atoms with Crippen LogP contribution >= 0.6 is 23.1 Å². The van der Waals surface area contributed by atoms with E-state index in [2.05, 4.69) is 9.97 Å². The van der Waals surface area contributed by atoms with Crippen LogP contribution in [0.4, 0.5) is 10.1 Å². The topological polar surface area (TPSA) is 69.9 Å². The number of thioether (sulfide) groups is 1. The van der Waals surface area contributed by atoms with Crippen LogP contribution in [0.1, 0.15) is 22.7 Å². The van der Waals surface area contributed by atoms with Gasteiger partial charge in [-0.3, -0.25) is 4.79 Å². The van der Waals surface area contributed by atoms with Crippen molar-refractivity contribution in [1.29, 1.82) is 5.26 Å². The molecule has 0 fully saturated rings. The molecule has 0 aliphatic rings. The number of aryl methyl sites for hydroxylation is 3. The van der Waals surface area contributed by atoms with E-state index in [1.807, 2.05) is 26.8 Å². The molecule has 0 saturated heterocycles. The molecule has 2 heterocycles. The number of thiophene rings is 1. The molecule has 1 amide bonds. The van der Waals surface area contributed by atoms with Crippen molar-refractivity contribution in [1.82, 2.24) is 9.97 Å². The fourth-order valence-corrected chi connectivity index (χ4v) is 4.98. The van der Waals surface area contributed by atoms with E-state index in [4.69, 9.17) is 5.26 Å². The first-order valence-corrected chi connectivity index (χ1v) is 10.5. The molecular weight excluding hydrogens is 395 g/mol. The number of anilines is 1. The molecule has 0 atom stereocenters. The molecule has 2 aromatic heterocycles. The van der Waals surface area contributed by atoms with Gasteiger partial charge in [0.05, 0.1) is 23.9 Å². The summed E-state index contributed by atoms with van der Waals surface area (Å²) in [5, 5.41) is 10.6. The molecule has 3 aromatic rings. The number of halogens is 1. The molecule has 0 aliphatic carbocycles. The summed E-state index contributed by atoms with van der Waals surface area (Å²) in [5.74, 6) is 0.00139. The first-order valence-electron chi connectivity index (χ1n) is 8.71. The molecule has 3 rings (SSSR count). The third-order valence-corrected chi connectivity index (χ3v) is 6.39. The Bertz CT molecular complexity index is 1070. The number of nitrogens with zero attached hydrogens (tertiary/aromatic N) is 4. The zero-order valence-electron chi connectivity index (χ0n) is 15.8. The third-order valence-electron chi connectivity index (χ3n) is 4.33. The van der Waals surface area contributed by atoms with Crippen molar-refractivity contribution in [3.63, 3.8) is 0 Å². The molecule has 0 spiro atoms. The molecule has 0 saturated carbocycles. The second-order valence-electron chi connectivity index (χ2n) is 6.23. The number of para-hydroxylation sites is 1. The van der Waals surface area contributed by atoms with Gasteiger partial charge in [0, 0.05) is 16.8 Å². The Morgan fingerprint density at radius 2 is 2.04 bits per heavy atom. The Labute approximate surface area is 171 Å². The molecule has 0 radical (unpaired) electrons. The molecule has 8 heteroatoms. The van der Waals surface area contributed by atoms with E-state index in [0.717, 1.165) is 20.8 Å². The predicted octanol–water partition coefficient (Wildman–Crippen LogP) is 4.79. The van der Waals surface area contributed by atoms with Gasteiger partial charge in [0.15, 0.2) is 0 Å². The van der Waals surface area contributed by atoms with E-state index in [1.54, 1.807) is 29.5 Å². The Kier molecular flexibility index (Phi) is 6.27. The summed E-state index contributed by atoms with van der Waals surface area (Å²) in [6.45, 7) is 6.04. The van der Waals surface area contributed by atoms with Gasteiger partial charge in [-0.05, 0) is 38.5 Å². The molecule has 5 nitrogen and oxygen atoms in total. The van der Waals surface area contributed by atoms with Gasteiger partial charge in [-0.1, -0.05) is 23.9 Å². The normalized spacial score (nSPS) is 10.8. The first kappa shape index (κ1) is 20.2. The lowest BCUT2D eigenvalue weighted by molar-refractivity contribution is -0.116. The average Bonchev–Trinajstić information content (AvgIpc) is 2.95. The highest BCUT2D eigenvalue weighted by Crippen LogP contribution is 2.35. The van der Waals surface area contributed by atoms with Gasteiger partial charge >= 0.3 is 0 Å². The summed E-state index contributed by atoms with van der Waals surface area (Å²) in [7, 11) is 0. The van der Waals surface area contributed by atoms with E-state index < -0.39 is 5.82 Å². The van der Waals surface area contributed by atoms with Gasteiger partial charge in [0.2, 0.25) is 5.91 Å². The smallest absolute Gasteiger partial charge is 0.237 e. The minimum absolute atomic E-state index is 0.0969. The summed E-state index contributed by atoms with van der Waals surface area (Å²) >= 11 is 2.93. The molecule has 1 aromatic carbocycles. The second-order valence-corrected chi connectivity index (χ2v) is 8.40. The van der Waals surface area contributed by atoms with Crippen LogP contribution < -0.4 is 4.90 Å². The van der Waals surface area contributed by atoms with Crippen molar-refractivity contribution >= 4 is 44.9 Å². The standard InChI is InChI=1S/C20H19FN4OS2/c1-12-13(2)28-20-18(12)19(23-14(3)24-20)27-11-17(26)25(10-6-9-22)16-8-5-4-7-15(16)21/h4-5,7-8H,6,10-11H2,1-3H3. The van der Waals surface area contributed by atoms with Crippen LogP contribution in [0.2, 0.25) is 0 Å². The lowest BCUT2D eigenvalue weighted by atomic mass is 10.2. The second kappa shape index (κ2) is 8.67. The van der Waals surface area contributed by atoms with Crippen LogP contribution in [0.3, 0.4) is 0 Å². The predicted molar refractivity (Wildman–Crippen MR) is 111 cm³/mol. The molecular formula is C20H19FN4OS2. The van der Waals surface area contributed by atoms with Crippen LogP contribution in [-0.4, -0.2) is 28.2 Å². The van der Waals surface area contributed by atoms with Crippen molar-refractivity contribution in [3.05, 3.63) is 46.3 Å². The van der Waals surface area contributed by atoms with Crippen LogP contribution in [-0.2, 0) is 4.79 Å². The number of aromatic nitrogens is 2. The number of carbonyl (C=O) groups excluding carboxylic acids is 1. The molecule has 0 N–H and O–H groups in total. The molecule has 0 aliphatic heterocycles. The Balaban J connectivity index is 1.86. The zero-order chi connectivity index (χ0) is 20.3. The van der Waals surface area contributed by atoms with Gasteiger partial charge in [-0.2, -0.15) is 5.26 Å². The number of rotatable bonds is 6. The summed E-state index contributed by atoms with van der Waals surface area (Å²) in [6, 6.07) is 8.12. The molecule has 144 valence electrons. The SMILES string of the molecule is Cc1nc(SCC(=O)N(CCC#N)c2ccccc2F)c2c(C)c(C)sc2n1. The molecule has 28 heavy (non-hydrogen) atoms. The fourth-order valence-electron chi connectivity index (χ4n) is 2.84. The van der Waals surface area contributed by atoms with Crippen LogP contribution in [0.15, 0.2) is 29.3 Å². The highest BCUT2D eigenvalue weighted by atomic mass is 32.2. The Morgan fingerprint density at radius 3 is 2.75 bits per heavy atom. The monoisotopic (exact) mass is 414 g/mol. The number of fused-ring (bicyclic) bond motifs is 1. The summed E-state index contributed by atoms with van der Waals surface area (Å²) in [5.41, 5.74) is 1.31. The summed E-state index contributed by atoms with van der Waals surface area (Å²) in [6.07, 6.45) is 0.129. The van der Waals surface area contributed by atoms with Gasteiger partial charge in [0.1, 0.15) is 21.5 Å². The fraction of sp³-hybridized carbons (Fsp3) is 0.300. The maximum Gasteiger partial charge on any atom is 0.237 e. The number of amides is 1.